The Morgan fingerprint density at radius 2 is 1.78 bits per heavy atom. The van der Waals surface area contributed by atoms with Crippen molar-refractivity contribution in [3.63, 3.8) is 0 Å². The predicted molar refractivity (Wildman–Crippen MR) is 90.4 cm³/mol. The second-order valence-electron chi connectivity index (χ2n) is 5.24. The lowest BCUT2D eigenvalue weighted by Gasteiger charge is -2.13. The molecular formula is C17H12ClF2NO6. The van der Waals surface area contributed by atoms with Crippen molar-refractivity contribution in [1.82, 2.24) is 0 Å². The summed E-state index contributed by atoms with van der Waals surface area (Å²) < 4.78 is 33.5. The van der Waals surface area contributed by atoms with Crippen LogP contribution in [0.15, 0.2) is 42.5 Å². The number of hydrogen-bond donors (Lipinski definition) is 0. The van der Waals surface area contributed by atoms with Gasteiger partial charge in [-0.15, -0.1) is 0 Å². The zero-order chi connectivity index (χ0) is 20.1. The summed E-state index contributed by atoms with van der Waals surface area (Å²) in [4.78, 5) is 34.4. The Bertz CT molecular complexity index is 872. The average Bonchev–Trinajstić information content (AvgIpc) is 2.60. The number of esters is 1. The molecule has 0 aliphatic carbocycles. The van der Waals surface area contributed by atoms with Crippen LogP contribution in [-0.2, 0) is 4.74 Å². The molecule has 1 atom stereocenters. The monoisotopic (exact) mass is 399 g/mol. The van der Waals surface area contributed by atoms with Gasteiger partial charge >= 0.3 is 12.6 Å². The number of carbonyl (C=O) groups excluding carboxylic acids is 2. The van der Waals surface area contributed by atoms with E-state index in [4.69, 9.17) is 16.3 Å². The van der Waals surface area contributed by atoms with E-state index in [2.05, 4.69) is 4.74 Å². The lowest BCUT2D eigenvalue weighted by atomic mass is 10.1. The van der Waals surface area contributed by atoms with Gasteiger partial charge in [-0.25, -0.2) is 4.79 Å². The van der Waals surface area contributed by atoms with Gasteiger partial charge in [-0.05, 0) is 37.3 Å². The molecule has 142 valence electrons. The Hall–Kier alpha value is -3.07. The van der Waals surface area contributed by atoms with Crippen LogP contribution in [0.3, 0.4) is 0 Å². The number of rotatable bonds is 7. The molecule has 0 saturated heterocycles. The van der Waals surface area contributed by atoms with Crippen molar-refractivity contribution in [1.29, 1.82) is 0 Å². The summed E-state index contributed by atoms with van der Waals surface area (Å²) in [5.41, 5.74) is -0.318. The number of ether oxygens (including phenoxy) is 2. The van der Waals surface area contributed by atoms with E-state index in [1.54, 1.807) is 0 Å². The molecule has 0 N–H and O–H groups in total. The molecule has 0 saturated carbocycles. The topological polar surface area (TPSA) is 95.7 Å². The molecule has 0 spiro atoms. The smallest absolute Gasteiger partial charge is 0.387 e. The summed E-state index contributed by atoms with van der Waals surface area (Å²) in [6, 6.07) is 8.06. The number of non-ortho nitro benzene ring substituents is 1. The number of hydrogen-bond acceptors (Lipinski definition) is 6. The first-order chi connectivity index (χ1) is 12.7. The quantitative estimate of drug-likeness (QED) is 0.298. The molecule has 0 heterocycles. The van der Waals surface area contributed by atoms with Gasteiger partial charge in [-0.2, -0.15) is 8.78 Å². The summed E-state index contributed by atoms with van der Waals surface area (Å²) in [5, 5.41) is 10.5. The van der Waals surface area contributed by atoms with Crippen LogP contribution in [0.1, 0.15) is 27.6 Å². The van der Waals surface area contributed by atoms with E-state index < -0.39 is 29.4 Å². The molecule has 10 heteroatoms. The van der Waals surface area contributed by atoms with Gasteiger partial charge in [-0.3, -0.25) is 14.9 Å². The third-order valence-corrected chi connectivity index (χ3v) is 3.71. The lowest BCUT2D eigenvalue weighted by molar-refractivity contribution is -0.384. The minimum atomic E-state index is -2.99. The SMILES string of the molecule is C[C@H](OC(=O)c1ccc([N+](=O)[O-])cc1Cl)C(=O)c1ccc(OC(F)F)cc1. The first-order valence-electron chi connectivity index (χ1n) is 7.43. The number of ketones is 1. The second-order valence-corrected chi connectivity index (χ2v) is 5.64. The third kappa shape index (κ3) is 5.20. The molecule has 7 nitrogen and oxygen atoms in total. The molecule has 0 unspecified atom stereocenters. The Balaban J connectivity index is 2.07. The Morgan fingerprint density at radius 3 is 2.30 bits per heavy atom. The molecule has 0 amide bonds. The maximum atomic E-state index is 12.3. The van der Waals surface area contributed by atoms with Crippen molar-refractivity contribution >= 4 is 29.0 Å². The van der Waals surface area contributed by atoms with Gasteiger partial charge in [0.1, 0.15) is 5.75 Å². The number of benzene rings is 2. The van der Waals surface area contributed by atoms with Crippen molar-refractivity contribution in [2.45, 2.75) is 19.6 Å². The van der Waals surface area contributed by atoms with Crippen LogP contribution in [0.4, 0.5) is 14.5 Å². The van der Waals surface area contributed by atoms with Gasteiger partial charge in [0.2, 0.25) is 5.78 Å². The van der Waals surface area contributed by atoms with Crippen LogP contribution in [0.5, 0.6) is 5.75 Å². The van der Waals surface area contributed by atoms with Crippen LogP contribution in [-0.4, -0.2) is 29.4 Å². The molecule has 27 heavy (non-hydrogen) atoms. The van der Waals surface area contributed by atoms with E-state index in [1.165, 1.54) is 31.2 Å². The normalized spacial score (nSPS) is 11.7. The molecule has 0 fully saturated rings. The van der Waals surface area contributed by atoms with Gasteiger partial charge in [0, 0.05) is 17.7 Å². The fourth-order valence-corrected chi connectivity index (χ4v) is 2.35. The van der Waals surface area contributed by atoms with E-state index in [0.717, 1.165) is 18.2 Å². The maximum Gasteiger partial charge on any atom is 0.387 e. The molecule has 0 radical (unpaired) electrons. The molecule has 2 aromatic rings. The fourth-order valence-electron chi connectivity index (χ4n) is 2.10. The van der Waals surface area contributed by atoms with Crippen LogP contribution in [0.2, 0.25) is 5.02 Å². The summed E-state index contributed by atoms with van der Waals surface area (Å²) in [6.07, 6.45) is -1.20. The largest absolute Gasteiger partial charge is 0.451 e. The number of halogens is 3. The number of carbonyl (C=O) groups is 2. The summed E-state index contributed by atoms with van der Waals surface area (Å²) in [7, 11) is 0. The van der Waals surface area contributed by atoms with Crippen LogP contribution >= 0.6 is 11.6 Å². The minimum absolute atomic E-state index is 0.117. The van der Waals surface area contributed by atoms with Gasteiger partial charge in [0.05, 0.1) is 15.5 Å². The van der Waals surface area contributed by atoms with Gasteiger partial charge in [-0.1, -0.05) is 11.6 Å². The first-order valence-corrected chi connectivity index (χ1v) is 7.81. The maximum absolute atomic E-state index is 12.3. The van der Waals surface area contributed by atoms with E-state index in [9.17, 15) is 28.5 Å². The van der Waals surface area contributed by atoms with Crippen molar-refractivity contribution in [2.75, 3.05) is 0 Å². The number of Topliss-reactive ketones (excluding diaryl/α,β-unsaturated/α-hetero) is 1. The Kier molecular flexibility index (Phi) is 6.40. The second kappa shape index (κ2) is 8.54. The summed E-state index contributed by atoms with van der Waals surface area (Å²) >= 11 is 5.84. The number of alkyl halides is 2. The van der Waals surface area contributed by atoms with Gasteiger partial charge in [0.15, 0.2) is 6.10 Å². The van der Waals surface area contributed by atoms with Crippen LogP contribution < -0.4 is 4.74 Å². The van der Waals surface area contributed by atoms with Crippen LogP contribution in [0.25, 0.3) is 0 Å². The van der Waals surface area contributed by atoms with Gasteiger partial charge in [0.25, 0.3) is 5.69 Å². The molecule has 2 rings (SSSR count). The third-order valence-electron chi connectivity index (χ3n) is 3.40. The van der Waals surface area contributed by atoms with Crippen molar-refractivity contribution < 1.29 is 32.8 Å². The highest BCUT2D eigenvalue weighted by Gasteiger charge is 2.23. The Morgan fingerprint density at radius 1 is 1.15 bits per heavy atom. The summed E-state index contributed by atoms with van der Waals surface area (Å²) in [6.45, 7) is -1.67. The highest BCUT2D eigenvalue weighted by Crippen LogP contribution is 2.24. The van der Waals surface area contributed by atoms with E-state index >= 15 is 0 Å². The Labute approximate surface area is 156 Å². The average molecular weight is 400 g/mol. The van der Waals surface area contributed by atoms with E-state index in [-0.39, 0.29) is 27.6 Å². The molecule has 0 aliphatic heterocycles. The fraction of sp³-hybridized carbons (Fsp3) is 0.176. The molecule has 0 aliphatic rings. The number of nitro groups is 1. The molecular weight excluding hydrogens is 388 g/mol. The standard InChI is InChI=1S/C17H12ClF2NO6/c1-9(15(22)10-2-5-12(6-3-10)27-17(19)20)26-16(23)13-7-4-11(21(24)25)8-14(13)18/h2-9,17H,1H3/t9-/m0/s1. The number of nitro benzene ring substituents is 1. The molecule has 0 aromatic heterocycles. The van der Waals surface area contributed by atoms with Gasteiger partial charge < -0.3 is 9.47 Å². The van der Waals surface area contributed by atoms with Crippen molar-refractivity contribution in [3.8, 4) is 5.75 Å². The van der Waals surface area contributed by atoms with Crippen molar-refractivity contribution in [3.05, 3.63) is 68.7 Å². The molecule has 2 aromatic carbocycles. The van der Waals surface area contributed by atoms with Crippen molar-refractivity contribution in [2.24, 2.45) is 0 Å². The lowest BCUT2D eigenvalue weighted by Crippen LogP contribution is -2.24. The predicted octanol–water partition coefficient (Wildman–Crippen LogP) is 4.28. The summed E-state index contributed by atoms with van der Waals surface area (Å²) in [5.74, 6) is -1.64. The minimum Gasteiger partial charge on any atom is -0.451 e. The highest BCUT2D eigenvalue weighted by atomic mass is 35.5. The van der Waals surface area contributed by atoms with E-state index in [0.29, 0.717) is 0 Å². The first kappa shape index (κ1) is 20.2. The van der Waals surface area contributed by atoms with Crippen LogP contribution in [0, 0.1) is 10.1 Å². The molecule has 0 bridgehead atoms. The highest BCUT2D eigenvalue weighted by molar-refractivity contribution is 6.33. The zero-order valence-corrected chi connectivity index (χ0v) is 14.5. The zero-order valence-electron chi connectivity index (χ0n) is 13.7. The van der Waals surface area contributed by atoms with E-state index in [1.807, 2.05) is 0 Å². The number of nitrogens with zero attached hydrogens (tertiary/aromatic N) is 1.